The second-order valence-electron chi connectivity index (χ2n) is 5.21. The maximum absolute atomic E-state index is 11.7. The van der Waals surface area contributed by atoms with Crippen molar-refractivity contribution in [2.24, 2.45) is 5.73 Å². The molecule has 0 aliphatic rings. The molecule has 1 amide bonds. The van der Waals surface area contributed by atoms with Crippen molar-refractivity contribution in [3.8, 4) is 0 Å². The fraction of sp³-hybridized carbons (Fsp3) is 0.385. The molecule has 0 heterocycles. The SMILES string of the molecule is CC(C)(C)NC(=O)CNc1ccc(Br)cc1C(N)=S. The smallest absolute Gasteiger partial charge is 0.239 e. The fourth-order valence-corrected chi connectivity index (χ4v) is 2.04. The van der Waals surface area contributed by atoms with Gasteiger partial charge in [-0.15, -0.1) is 0 Å². The second kappa shape index (κ2) is 6.34. The number of anilines is 1. The Morgan fingerprint density at radius 2 is 2.05 bits per heavy atom. The van der Waals surface area contributed by atoms with Gasteiger partial charge >= 0.3 is 0 Å². The van der Waals surface area contributed by atoms with Gasteiger partial charge in [0.15, 0.2) is 0 Å². The predicted molar refractivity (Wildman–Crippen MR) is 86.4 cm³/mol. The van der Waals surface area contributed by atoms with Gasteiger partial charge in [-0.25, -0.2) is 0 Å². The van der Waals surface area contributed by atoms with Crippen LogP contribution in [-0.2, 0) is 4.79 Å². The van der Waals surface area contributed by atoms with E-state index in [0.29, 0.717) is 10.6 Å². The third kappa shape index (κ3) is 5.57. The zero-order valence-corrected chi connectivity index (χ0v) is 13.6. The Hall–Kier alpha value is -1.14. The van der Waals surface area contributed by atoms with Gasteiger partial charge in [0.25, 0.3) is 0 Å². The molecule has 1 aromatic carbocycles. The van der Waals surface area contributed by atoms with Gasteiger partial charge in [0, 0.05) is 21.3 Å². The van der Waals surface area contributed by atoms with Gasteiger partial charge in [-0.2, -0.15) is 0 Å². The molecule has 1 aromatic rings. The normalized spacial score (nSPS) is 10.9. The van der Waals surface area contributed by atoms with Crippen molar-refractivity contribution in [2.75, 3.05) is 11.9 Å². The predicted octanol–water partition coefficient (Wildman–Crippen LogP) is 2.41. The summed E-state index contributed by atoms with van der Waals surface area (Å²) >= 11 is 8.36. The molecule has 0 aliphatic heterocycles. The van der Waals surface area contributed by atoms with E-state index in [0.717, 1.165) is 10.2 Å². The Bertz CT molecular complexity index is 497. The first-order valence-corrected chi connectivity index (χ1v) is 7.03. The van der Waals surface area contributed by atoms with Crippen LogP contribution >= 0.6 is 28.1 Å². The van der Waals surface area contributed by atoms with Crippen LogP contribution in [0.1, 0.15) is 26.3 Å². The number of halogens is 1. The summed E-state index contributed by atoms with van der Waals surface area (Å²) in [6.07, 6.45) is 0. The van der Waals surface area contributed by atoms with Crippen molar-refractivity contribution in [2.45, 2.75) is 26.3 Å². The molecule has 4 N–H and O–H groups in total. The average Bonchev–Trinajstić information content (AvgIpc) is 2.24. The van der Waals surface area contributed by atoms with Crippen LogP contribution in [-0.4, -0.2) is 23.0 Å². The van der Waals surface area contributed by atoms with Gasteiger partial charge in [-0.3, -0.25) is 4.79 Å². The standard InChI is InChI=1S/C13H18BrN3OS/c1-13(2,3)17-11(18)7-16-10-5-4-8(14)6-9(10)12(15)19/h4-6,16H,7H2,1-3H3,(H2,15,19)(H,17,18). The number of hydrogen-bond acceptors (Lipinski definition) is 3. The van der Waals surface area contributed by atoms with Gasteiger partial charge in [0.05, 0.1) is 6.54 Å². The van der Waals surface area contributed by atoms with E-state index in [1.165, 1.54) is 0 Å². The molecule has 0 fully saturated rings. The van der Waals surface area contributed by atoms with Gasteiger partial charge in [0.2, 0.25) is 5.91 Å². The van der Waals surface area contributed by atoms with E-state index in [-0.39, 0.29) is 18.0 Å². The lowest BCUT2D eigenvalue weighted by Gasteiger charge is -2.21. The minimum absolute atomic E-state index is 0.0793. The van der Waals surface area contributed by atoms with Crippen molar-refractivity contribution in [3.63, 3.8) is 0 Å². The Kier molecular flexibility index (Phi) is 5.31. The number of nitrogens with two attached hydrogens (primary N) is 1. The van der Waals surface area contributed by atoms with Crippen molar-refractivity contribution in [1.29, 1.82) is 0 Å². The van der Waals surface area contributed by atoms with Crippen LogP contribution in [0.5, 0.6) is 0 Å². The summed E-state index contributed by atoms with van der Waals surface area (Å²) in [6.45, 7) is 5.98. The zero-order valence-electron chi connectivity index (χ0n) is 11.2. The maximum Gasteiger partial charge on any atom is 0.239 e. The summed E-state index contributed by atoms with van der Waals surface area (Å²) in [6, 6.07) is 5.53. The minimum atomic E-state index is -0.246. The summed E-state index contributed by atoms with van der Waals surface area (Å²) in [5.74, 6) is -0.0793. The molecular weight excluding hydrogens is 326 g/mol. The van der Waals surface area contributed by atoms with Gasteiger partial charge < -0.3 is 16.4 Å². The third-order valence-corrected chi connectivity index (χ3v) is 2.91. The van der Waals surface area contributed by atoms with Gasteiger partial charge in [-0.05, 0) is 39.0 Å². The molecule has 6 heteroatoms. The zero-order chi connectivity index (χ0) is 14.6. The lowest BCUT2D eigenvalue weighted by Crippen LogP contribution is -2.43. The van der Waals surface area contributed by atoms with E-state index >= 15 is 0 Å². The number of carbonyl (C=O) groups is 1. The molecule has 1 rings (SSSR count). The van der Waals surface area contributed by atoms with E-state index in [1.807, 2.05) is 39.0 Å². The first-order valence-electron chi connectivity index (χ1n) is 5.83. The summed E-state index contributed by atoms with van der Waals surface area (Å²) in [7, 11) is 0. The topological polar surface area (TPSA) is 67.2 Å². The Labute approximate surface area is 127 Å². The van der Waals surface area contributed by atoms with Crippen LogP contribution in [0.4, 0.5) is 5.69 Å². The van der Waals surface area contributed by atoms with Gasteiger partial charge in [0.1, 0.15) is 4.99 Å². The molecule has 0 unspecified atom stereocenters. The summed E-state index contributed by atoms with van der Waals surface area (Å²) in [5.41, 5.74) is 6.88. The average molecular weight is 344 g/mol. The van der Waals surface area contributed by atoms with Crippen LogP contribution in [0, 0.1) is 0 Å². The van der Waals surface area contributed by atoms with Crippen molar-refractivity contribution in [3.05, 3.63) is 28.2 Å². The largest absolute Gasteiger partial charge is 0.389 e. The molecule has 4 nitrogen and oxygen atoms in total. The highest BCUT2D eigenvalue weighted by atomic mass is 79.9. The molecule has 0 radical (unpaired) electrons. The van der Waals surface area contributed by atoms with Crippen molar-refractivity contribution in [1.82, 2.24) is 5.32 Å². The molecule has 0 aliphatic carbocycles. The monoisotopic (exact) mass is 343 g/mol. The Morgan fingerprint density at radius 3 is 2.58 bits per heavy atom. The molecule has 0 saturated heterocycles. The highest BCUT2D eigenvalue weighted by Gasteiger charge is 2.14. The van der Waals surface area contributed by atoms with E-state index in [4.69, 9.17) is 18.0 Å². The molecule has 19 heavy (non-hydrogen) atoms. The third-order valence-electron chi connectivity index (χ3n) is 2.20. The molecule has 0 saturated carbocycles. The van der Waals surface area contributed by atoms with Gasteiger partial charge in [-0.1, -0.05) is 28.1 Å². The first-order chi connectivity index (χ1) is 8.69. The van der Waals surface area contributed by atoms with Crippen molar-refractivity contribution < 1.29 is 4.79 Å². The van der Waals surface area contributed by atoms with Crippen LogP contribution in [0.25, 0.3) is 0 Å². The van der Waals surface area contributed by atoms with Crippen LogP contribution in [0.2, 0.25) is 0 Å². The highest BCUT2D eigenvalue weighted by Crippen LogP contribution is 2.20. The lowest BCUT2D eigenvalue weighted by molar-refractivity contribution is -0.120. The number of benzene rings is 1. The highest BCUT2D eigenvalue weighted by molar-refractivity contribution is 9.10. The number of hydrogen-bond donors (Lipinski definition) is 3. The number of rotatable bonds is 4. The molecule has 0 aromatic heterocycles. The van der Waals surface area contributed by atoms with E-state index in [2.05, 4.69) is 26.6 Å². The summed E-state index contributed by atoms with van der Waals surface area (Å²) < 4.78 is 0.889. The van der Waals surface area contributed by atoms with Crippen molar-refractivity contribution >= 4 is 44.7 Å². The van der Waals surface area contributed by atoms with Crippen LogP contribution in [0.3, 0.4) is 0 Å². The minimum Gasteiger partial charge on any atom is -0.389 e. The molecule has 0 atom stereocenters. The first kappa shape index (κ1) is 15.9. The lowest BCUT2D eigenvalue weighted by atomic mass is 10.1. The fourth-order valence-electron chi connectivity index (χ4n) is 1.51. The number of carbonyl (C=O) groups excluding carboxylic acids is 1. The Morgan fingerprint density at radius 1 is 1.42 bits per heavy atom. The summed E-state index contributed by atoms with van der Waals surface area (Å²) in [4.78, 5) is 12.0. The van der Waals surface area contributed by atoms with Crippen LogP contribution < -0.4 is 16.4 Å². The molecular formula is C13H18BrN3OS. The molecule has 0 bridgehead atoms. The quantitative estimate of drug-likeness (QED) is 0.734. The molecule has 104 valence electrons. The molecule has 0 spiro atoms. The number of nitrogens with one attached hydrogen (secondary N) is 2. The van der Waals surface area contributed by atoms with Crippen LogP contribution in [0.15, 0.2) is 22.7 Å². The summed E-state index contributed by atoms with van der Waals surface area (Å²) in [5, 5.41) is 5.92. The maximum atomic E-state index is 11.7. The number of thiocarbonyl (C=S) groups is 1. The van der Waals surface area contributed by atoms with E-state index in [1.54, 1.807) is 0 Å². The van der Waals surface area contributed by atoms with E-state index in [9.17, 15) is 4.79 Å². The van der Waals surface area contributed by atoms with E-state index < -0.39 is 0 Å². The second-order valence-corrected chi connectivity index (χ2v) is 6.56. The number of amides is 1. The Balaban J connectivity index is 2.73.